The number of hydrogen-bond donors (Lipinski definition) is 1. The van der Waals surface area contributed by atoms with Crippen molar-refractivity contribution in [1.29, 1.82) is 0 Å². The maximum atomic E-state index is 6.14. The fourth-order valence-corrected chi connectivity index (χ4v) is 4.27. The molecular weight excluding hydrogens is 310 g/mol. The molecule has 0 aromatic heterocycles. The third-order valence-electron chi connectivity index (χ3n) is 3.17. The molecule has 100 valence electrons. The van der Waals surface area contributed by atoms with Crippen LogP contribution in [-0.4, -0.2) is 24.5 Å². The van der Waals surface area contributed by atoms with Crippen LogP contribution >= 0.6 is 27.7 Å². The molecule has 2 N–H and O–H groups in total. The van der Waals surface area contributed by atoms with Crippen molar-refractivity contribution in [2.75, 3.05) is 12.4 Å². The fourth-order valence-electron chi connectivity index (χ4n) is 2.22. The Kier molecular flexibility index (Phi) is 5.55. The summed E-state index contributed by atoms with van der Waals surface area (Å²) in [6.07, 6.45) is 2.80. The van der Waals surface area contributed by atoms with Gasteiger partial charge in [0.1, 0.15) is 0 Å². The van der Waals surface area contributed by atoms with Gasteiger partial charge in [0.2, 0.25) is 0 Å². The zero-order valence-electron chi connectivity index (χ0n) is 10.6. The van der Waals surface area contributed by atoms with Crippen molar-refractivity contribution >= 4 is 27.7 Å². The monoisotopic (exact) mass is 329 g/mol. The molecule has 1 aliphatic heterocycles. The summed E-state index contributed by atoms with van der Waals surface area (Å²) < 4.78 is 6.82. The Morgan fingerprint density at radius 3 is 2.89 bits per heavy atom. The lowest BCUT2D eigenvalue weighted by Gasteiger charge is -2.23. The third-order valence-corrected chi connectivity index (χ3v) is 5.50. The Morgan fingerprint density at radius 2 is 2.28 bits per heavy atom. The van der Waals surface area contributed by atoms with Crippen LogP contribution in [0.5, 0.6) is 0 Å². The second kappa shape index (κ2) is 6.94. The van der Waals surface area contributed by atoms with Crippen molar-refractivity contribution in [2.45, 2.75) is 37.2 Å². The summed E-state index contributed by atoms with van der Waals surface area (Å²) in [6, 6.07) is 8.48. The van der Waals surface area contributed by atoms with Gasteiger partial charge in [-0.3, -0.25) is 0 Å². The van der Waals surface area contributed by atoms with E-state index in [1.165, 1.54) is 18.4 Å². The van der Waals surface area contributed by atoms with Crippen LogP contribution in [0.1, 0.15) is 30.6 Å². The Labute approximate surface area is 122 Å². The molecule has 18 heavy (non-hydrogen) atoms. The van der Waals surface area contributed by atoms with Gasteiger partial charge < -0.3 is 10.5 Å². The van der Waals surface area contributed by atoms with Gasteiger partial charge in [-0.15, -0.1) is 11.8 Å². The number of benzene rings is 1. The van der Waals surface area contributed by atoms with Crippen molar-refractivity contribution in [3.05, 3.63) is 34.3 Å². The molecule has 1 aromatic carbocycles. The molecule has 1 heterocycles. The summed E-state index contributed by atoms with van der Waals surface area (Å²) >= 11 is 5.53. The van der Waals surface area contributed by atoms with E-state index in [1.807, 2.05) is 17.8 Å². The average molecular weight is 330 g/mol. The molecule has 4 heteroatoms. The molecule has 1 aliphatic rings. The minimum Gasteiger partial charge on any atom is -0.377 e. The predicted molar refractivity (Wildman–Crippen MR) is 82.0 cm³/mol. The highest BCUT2D eigenvalue weighted by atomic mass is 79.9. The lowest BCUT2D eigenvalue weighted by molar-refractivity contribution is 0.128. The van der Waals surface area contributed by atoms with Gasteiger partial charge in [-0.05, 0) is 31.4 Å². The molecule has 0 spiro atoms. The Balaban J connectivity index is 2.01. The minimum atomic E-state index is 0.134. The van der Waals surface area contributed by atoms with Crippen molar-refractivity contribution in [2.24, 2.45) is 5.73 Å². The van der Waals surface area contributed by atoms with E-state index in [0.717, 1.165) is 16.8 Å². The molecule has 2 nitrogen and oxygen atoms in total. The highest BCUT2D eigenvalue weighted by molar-refractivity contribution is 9.10. The molecule has 0 bridgehead atoms. The number of ether oxygens (including phenoxy) is 1. The lowest BCUT2D eigenvalue weighted by atomic mass is 10.1. The Bertz CT molecular complexity index is 380. The molecular formula is C14H20BrNOS. The van der Waals surface area contributed by atoms with Crippen molar-refractivity contribution in [3.63, 3.8) is 0 Å². The number of halogens is 1. The first-order valence-corrected chi connectivity index (χ1v) is 8.26. The maximum Gasteiger partial charge on any atom is 0.0666 e. The van der Waals surface area contributed by atoms with Crippen molar-refractivity contribution < 1.29 is 4.74 Å². The number of hydrogen-bond acceptors (Lipinski definition) is 3. The molecule has 0 aliphatic carbocycles. The Morgan fingerprint density at radius 1 is 1.50 bits per heavy atom. The van der Waals surface area contributed by atoms with E-state index < -0.39 is 0 Å². The first kappa shape index (κ1) is 14.4. The molecule has 1 saturated heterocycles. The van der Waals surface area contributed by atoms with Gasteiger partial charge in [0.15, 0.2) is 0 Å². The molecule has 3 unspecified atom stereocenters. The van der Waals surface area contributed by atoms with Gasteiger partial charge in [-0.25, -0.2) is 0 Å². The lowest BCUT2D eigenvalue weighted by Crippen LogP contribution is -2.24. The van der Waals surface area contributed by atoms with Crippen LogP contribution in [0.15, 0.2) is 28.7 Å². The van der Waals surface area contributed by atoms with Crippen molar-refractivity contribution in [1.82, 2.24) is 0 Å². The molecule has 3 atom stereocenters. The highest BCUT2D eigenvalue weighted by Crippen LogP contribution is 2.37. The first-order valence-electron chi connectivity index (χ1n) is 6.41. The summed E-state index contributed by atoms with van der Waals surface area (Å²) in [7, 11) is 0. The average Bonchev–Trinajstić information content (AvgIpc) is 2.84. The van der Waals surface area contributed by atoms with Gasteiger partial charge in [0.25, 0.3) is 0 Å². The minimum absolute atomic E-state index is 0.134. The fraction of sp³-hybridized carbons (Fsp3) is 0.571. The summed E-state index contributed by atoms with van der Waals surface area (Å²) in [4.78, 5) is 0. The van der Waals surface area contributed by atoms with Crippen LogP contribution in [0.4, 0.5) is 0 Å². The van der Waals surface area contributed by atoms with E-state index in [1.54, 1.807) is 0 Å². The van der Waals surface area contributed by atoms with E-state index in [9.17, 15) is 0 Å². The topological polar surface area (TPSA) is 35.2 Å². The summed E-state index contributed by atoms with van der Waals surface area (Å²) in [5.74, 6) is 1.04. The zero-order valence-corrected chi connectivity index (χ0v) is 13.0. The second-order valence-corrected chi connectivity index (χ2v) is 6.80. The molecule has 0 amide bonds. The first-order chi connectivity index (χ1) is 8.68. The van der Waals surface area contributed by atoms with E-state index in [0.29, 0.717) is 11.4 Å². The van der Waals surface area contributed by atoms with Gasteiger partial charge in [0.05, 0.1) is 6.10 Å². The van der Waals surface area contributed by atoms with E-state index in [-0.39, 0.29) is 6.04 Å². The summed E-state index contributed by atoms with van der Waals surface area (Å²) in [5, 5.41) is 0.324. The quantitative estimate of drug-likeness (QED) is 0.893. The predicted octanol–water partition coefficient (Wildman–Crippen LogP) is 3.75. The van der Waals surface area contributed by atoms with Crippen LogP contribution in [0, 0.1) is 0 Å². The maximum absolute atomic E-state index is 6.14. The van der Waals surface area contributed by atoms with Gasteiger partial charge in [0, 0.05) is 28.1 Å². The SMILES string of the molecule is CC(N)C(SCC1CCCO1)c1ccccc1Br. The van der Waals surface area contributed by atoms with Gasteiger partial charge >= 0.3 is 0 Å². The van der Waals surface area contributed by atoms with Crippen LogP contribution < -0.4 is 5.73 Å². The molecule has 1 fully saturated rings. The van der Waals surface area contributed by atoms with Crippen LogP contribution in [0.25, 0.3) is 0 Å². The van der Waals surface area contributed by atoms with Crippen molar-refractivity contribution in [3.8, 4) is 0 Å². The number of thioether (sulfide) groups is 1. The highest BCUT2D eigenvalue weighted by Gasteiger charge is 2.22. The van der Waals surface area contributed by atoms with Gasteiger partial charge in [-0.1, -0.05) is 34.1 Å². The summed E-state index contributed by atoms with van der Waals surface area (Å²) in [6.45, 7) is 3.00. The molecule has 1 aromatic rings. The molecule has 0 radical (unpaired) electrons. The van der Waals surface area contributed by atoms with Gasteiger partial charge in [-0.2, -0.15) is 0 Å². The number of rotatable bonds is 5. The number of nitrogens with two attached hydrogens (primary N) is 1. The standard InChI is InChI=1S/C14H20BrNOS/c1-10(16)14(12-6-2-3-7-13(12)15)18-9-11-5-4-8-17-11/h2-3,6-7,10-11,14H,4-5,8-9,16H2,1H3. The van der Waals surface area contributed by atoms with Crippen LogP contribution in [0.2, 0.25) is 0 Å². The normalized spacial score (nSPS) is 22.9. The molecule has 0 saturated carbocycles. The second-order valence-electron chi connectivity index (χ2n) is 4.77. The smallest absolute Gasteiger partial charge is 0.0666 e. The summed E-state index contributed by atoms with van der Waals surface area (Å²) in [5.41, 5.74) is 7.43. The third kappa shape index (κ3) is 3.73. The van der Waals surface area contributed by atoms with Crippen LogP contribution in [-0.2, 0) is 4.74 Å². The van der Waals surface area contributed by atoms with E-state index in [2.05, 4.69) is 41.1 Å². The Hall–Kier alpha value is -0.0300. The van der Waals surface area contributed by atoms with E-state index >= 15 is 0 Å². The largest absolute Gasteiger partial charge is 0.377 e. The van der Waals surface area contributed by atoms with Crippen LogP contribution in [0.3, 0.4) is 0 Å². The molecule has 2 rings (SSSR count). The zero-order chi connectivity index (χ0) is 13.0. The van der Waals surface area contributed by atoms with E-state index in [4.69, 9.17) is 10.5 Å².